The number of ether oxygens (including phenoxy) is 1. The number of rotatable bonds is 6. The van der Waals surface area contributed by atoms with Crippen LogP contribution in [0.1, 0.15) is 12.5 Å². The summed E-state index contributed by atoms with van der Waals surface area (Å²) in [6.07, 6.45) is -0.126. The Kier molecular flexibility index (Phi) is 4.36. The Hall–Kier alpha value is -1.92. The number of carbonyl (C=O) groups excluding carboxylic acids is 1. The van der Waals surface area contributed by atoms with Crippen LogP contribution in [0.4, 0.5) is 5.69 Å². The van der Waals surface area contributed by atoms with E-state index in [4.69, 9.17) is 9.84 Å². The van der Waals surface area contributed by atoms with Gasteiger partial charge in [0.2, 0.25) is 5.91 Å². The molecule has 0 atom stereocenters. The van der Waals surface area contributed by atoms with Crippen molar-refractivity contribution >= 4 is 17.6 Å². The molecule has 1 aliphatic rings. The Morgan fingerprint density at radius 2 is 2.10 bits per heavy atom. The predicted octanol–water partition coefficient (Wildman–Crippen LogP) is 0.631. The van der Waals surface area contributed by atoms with Crippen LogP contribution in [0.2, 0.25) is 0 Å². The van der Waals surface area contributed by atoms with Crippen LogP contribution >= 0.6 is 0 Å². The molecule has 0 radical (unpaired) electrons. The van der Waals surface area contributed by atoms with Gasteiger partial charge in [-0.25, -0.2) is 0 Å². The highest BCUT2D eigenvalue weighted by Crippen LogP contribution is 2.17. The number of carbonyl (C=O) groups is 2. The van der Waals surface area contributed by atoms with Crippen molar-refractivity contribution < 1.29 is 19.4 Å². The Labute approximate surface area is 117 Å². The number of benzene rings is 1. The molecule has 108 valence electrons. The Morgan fingerprint density at radius 3 is 2.70 bits per heavy atom. The number of amides is 1. The molecule has 0 saturated carbocycles. The molecule has 0 unspecified atom stereocenters. The molecule has 0 aromatic heterocycles. The molecule has 1 aromatic carbocycles. The molecule has 1 aromatic rings. The van der Waals surface area contributed by atoms with Gasteiger partial charge in [-0.2, -0.15) is 0 Å². The molecule has 1 saturated heterocycles. The number of hydrogen-bond donors (Lipinski definition) is 3. The molecule has 6 nitrogen and oxygen atoms in total. The minimum Gasteiger partial charge on any atom is -0.481 e. The molecule has 1 amide bonds. The lowest BCUT2D eigenvalue weighted by atomic mass is 10.0. The molecule has 3 N–H and O–H groups in total. The Morgan fingerprint density at radius 1 is 1.40 bits per heavy atom. The second-order valence-electron chi connectivity index (χ2n) is 5.12. The SMILES string of the molecule is CC1(OCC(=O)Nc2ccccc2CC(=O)O)CNC1. The predicted molar refractivity (Wildman–Crippen MR) is 73.6 cm³/mol. The first-order valence-electron chi connectivity index (χ1n) is 6.43. The third-order valence-electron chi connectivity index (χ3n) is 3.18. The summed E-state index contributed by atoms with van der Waals surface area (Å²) in [7, 11) is 0. The number of aliphatic carboxylic acids is 1. The van der Waals surface area contributed by atoms with E-state index in [1.54, 1.807) is 24.3 Å². The fraction of sp³-hybridized carbons (Fsp3) is 0.429. The number of nitrogens with one attached hydrogen (secondary N) is 2. The van der Waals surface area contributed by atoms with Gasteiger partial charge >= 0.3 is 5.97 Å². The van der Waals surface area contributed by atoms with Crippen LogP contribution in [0.5, 0.6) is 0 Å². The number of anilines is 1. The van der Waals surface area contributed by atoms with Gasteiger partial charge in [-0.05, 0) is 18.6 Å². The maximum atomic E-state index is 11.8. The van der Waals surface area contributed by atoms with Crippen LogP contribution in [0.3, 0.4) is 0 Å². The number of carboxylic acid groups (broad SMARTS) is 1. The van der Waals surface area contributed by atoms with Crippen molar-refractivity contribution in [2.75, 3.05) is 25.0 Å². The van der Waals surface area contributed by atoms with E-state index in [1.165, 1.54) is 0 Å². The van der Waals surface area contributed by atoms with Crippen molar-refractivity contribution in [2.45, 2.75) is 18.9 Å². The highest BCUT2D eigenvalue weighted by molar-refractivity contribution is 5.93. The third kappa shape index (κ3) is 3.79. The molecule has 1 fully saturated rings. The highest BCUT2D eigenvalue weighted by atomic mass is 16.5. The van der Waals surface area contributed by atoms with E-state index >= 15 is 0 Å². The van der Waals surface area contributed by atoms with E-state index in [-0.39, 0.29) is 24.5 Å². The van der Waals surface area contributed by atoms with E-state index in [0.717, 1.165) is 13.1 Å². The van der Waals surface area contributed by atoms with Crippen LogP contribution in [0.25, 0.3) is 0 Å². The third-order valence-corrected chi connectivity index (χ3v) is 3.18. The first-order valence-corrected chi connectivity index (χ1v) is 6.43. The topological polar surface area (TPSA) is 87.7 Å². The van der Waals surface area contributed by atoms with Crippen molar-refractivity contribution in [1.82, 2.24) is 5.32 Å². The second-order valence-corrected chi connectivity index (χ2v) is 5.12. The summed E-state index contributed by atoms with van der Waals surface area (Å²) in [5.74, 6) is -1.22. The lowest BCUT2D eigenvalue weighted by molar-refractivity contribution is -0.136. The summed E-state index contributed by atoms with van der Waals surface area (Å²) < 4.78 is 5.53. The minimum absolute atomic E-state index is 0.0421. The molecule has 6 heteroatoms. The minimum atomic E-state index is -0.934. The summed E-state index contributed by atoms with van der Waals surface area (Å²) in [5, 5.41) is 14.6. The first-order chi connectivity index (χ1) is 9.48. The van der Waals surface area contributed by atoms with Crippen molar-refractivity contribution in [3.8, 4) is 0 Å². The van der Waals surface area contributed by atoms with Crippen LogP contribution in [-0.4, -0.2) is 42.3 Å². The van der Waals surface area contributed by atoms with Crippen molar-refractivity contribution in [3.63, 3.8) is 0 Å². The summed E-state index contributed by atoms with van der Waals surface area (Å²) in [6, 6.07) is 6.86. The molecular formula is C14H18N2O4. The second kappa shape index (κ2) is 6.02. The van der Waals surface area contributed by atoms with E-state index in [9.17, 15) is 9.59 Å². The molecule has 2 rings (SSSR count). The maximum absolute atomic E-state index is 11.8. The van der Waals surface area contributed by atoms with E-state index in [1.807, 2.05) is 6.92 Å². The fourth-order valence-electron chi connectivity index (χ4n) is 1.96. The monoisotopic (exact) mass is 278 g/mol. The quantitative estimate of drug-likeness (QED) is 0.710. The standard InChI is InChI=1S/C14H18N2O4/c1-14(8-15-9-14)20-7-12(17)16-11-5-3-2-4-10(11)6-13(18)19/h2-5,15H,6-9H2,1H3,(H,16,17)(H,18,19). The zero-order chi connectivity index (χ0) is 14.6. The van der Waals surface area contributed by atoms with Crippen molar-refractivity contribution in [2.24, 2.45) is 0 Å². The summed E-state index contributed by atoms with van der Waals surface area (Å²) in [5.41, 5.74) is 0.808. The van der Waals surface area contributed by atoms with Gasteiger partial charge in [-0.3, -0.25) is 9.59 Å². The maximum Gasteiger partial charge on any atom is 0.307 e. The van der Waals surface area contributed by atoms with E-state index < -0.39 is 5.97 Å². The van der Waals surface area contributed by atoms with Gasteiger partial charge in [-0.1, -0.05) is 18.2 Å². The first kappa shape index (κ1) is 14.5. The van der Waals surface area contributed by atoms with Gasteiger partial charge in [0.05, 0.1) is 12.0 Å². The lowest BCUT2D eigenvalue weighted by Crippen LogP contribution is -2.59. The molecular weight excluding hydrogens is 260 g/mol. The smallest absolute Gasteiger partial charge is 0.307 e. The van der Waals surface area contributed by atoms with E-state index in [2.05, 4.69) is 10.6 Å². The Bertz CT molecular complexity index is 512. The highest BCUT2D eigenvalue weighted by Gasteiger charge is 2.33. The van der Waals surface area contributed by atoms with Gasteiger partial charge in [-0.15, -0.1) is 0 Å². The average Bonchev–Trinajstić information content (AvgIpc) is 2.36. The van der Waals surface area contributed by atoms with Gasteiger partial charge in [0, 0.05) is 18.8 Å². The van der Waals surface area contributed by atoms with Crippen molar-refractivity contribution in [1.29, 1.82) is 0 Å². The van der Waals surface area contributed by atoms with Gasteiger partial charge < -0.3 is 20.5 Å². The molecule has 0 spiro atoms. The number of hydrogen-bond acceptors (Lipinski definition) is 4. The molecule has 20 heavy (non-hydrogen) atoms. The normalized spacial score (nSPS) is 16.2. The van der Waals surface area contributed by atoms with Crippen LogP contribution in [0.15, 0.2) is 24.3 Å². The Balaban J connectivity index is 1.91. The summed E-state index contributed by atoms with van der Waals surface area (Å²) in [4.78, 5) is 22.6. The van der Waals surface area contributed by atoms with Crippen LogP contribution in [-0.2, 0) is 20.7 Å². The molecule has 0 aliphatic carbocycles. The average molecular weight is 278 g/mol. The zero-order valence-corrected chi connectivity index (χ0v) is 11.3. The van der Waals surface area contributed by atoms with Gasteiger partial charge in [0.25, 0.3) is 0 Å². The molecule has 1 heterocycles. The summed E-state index contributed by atoms with van der Waals surface area (Å²) in [6.45, 7) is 3.36. The number of carboxylic acids is 1. The van der Waals surface area contributed by atoms with Crippen molar-refractivity contribution in [3.05, 3.63) is 29.8 Å². The number of para-hydroxylation sites is 1. The summed E-state index contributed by atoms with van der Waals surface area (Å²) >= 11 is 0. The molecule has 0 bridgehead atoms. The largest absolute Gasteiger partial charge is 0.481 e. The molecule has 1 aliphatic heterocycles. The van der Waals surface area contributed by atoms with Crippen LogP contribution < -0.4 is 10.6 Å². The zero-order valence-electron chi connectivity index (χ0n) is 11.3. The van der Waals surface area contributed by atoms with E-state index in [0.29, 0.717) is 11.3 Å². The van der Waals surface area contributed by atoms with Crippen LogP contribution in [0, 0.1) is 0 Å². The lowest BCUT2D eigenvalue weighted by Gasteiger charge is -2.38. The van der Waals surface area contributed by atoms with Gasteiger partial charge in [0.1, 0.15) is 6.61 Å². The fourth-order valence-corrected chi connectivity index (χ4v) is 1.96. The van der Waals surface area contributed by atoms with Gasteiger partial charge in [0.15, 0.2) is 0 Å².